The minimum absolute atomic E-state index is 0.129. The molecule has 1 N–H and O–H groups in total. The minimum Gasteiger partial charge on any atom is -0.478 e. The van der Waals surface area contributed by atoms with Crippen LogP contribution < -0.4 is 4.90 Å². The molecule has 0 unspecified atom stereocenters. The van der Waals surface area contributed by atoms with E-state index in [0.717, 1.165) is 29.2 Å². The number of hydrogen-bond acceptors (Lipinski definition) is 3. The van der Waals surface area contributed by atoms with E-state index in [9.17, 15) is 13.6 Å². The molecule has 0 aliphatic rings. The molecule has 1 aromatic carbocycles. The number of halogens is 2. The van der Waals surface area contributed by atoms with E-state index in [1.807, 2.05) is 17.5 Å². The first-order chi connectivity index (χ1) is 9.97. The fourth-order valence-electron chi connectivity index (χ4n) is 1.93. The molecule has 3 nitrogen and oxygen atoms in total. The Kier molecular flexibility index (Phi) is 4.70. The Hall–Kier alpha value is -2.21. The molecular formula is C15H13F2NO2S. The molecule has 0 saturated carbocycles. The van der Waals surface area contributed by atoms with Crippen molar-refractivity contribution in [3.05, 3.63) is 57.8 Å². The zero-order valence-electron chi connectivity index (χ0n) is 11.2. The van der Waals surface area contributed by atoms with Crippen LogP contribution in [-0.2, 0) is 11.3 Å². The van der Waals surface area contributed by atoms with Gasteiger partial charge in [-0.2, -0.15) is 0 Å². The van der Waals surface area contributed by atoms with E-state index in [4.69, 9.17) is 5.11 Å². The summed E-state index contributed by atoms with van der Waals surface area (Å²) in [5.74, 6) is -2.62. The lowest BCUT2D eigenvalue weighted by molar-refractivity contribution is -0.131. The molecule has 6 heteroatoms. The van der Waals surface area contributed by atoms with Crippen LogP contribution in [0.15, 0.2) is 35.7 Å². The largest absolute Gasteiger partial charge is 0.478 e. The molecule has 0 saturated heterocycles. The third-order valence-electron chi connectivity index (χ3n) is 2.81. The van der Waals surface area contributed by atoms with Gasteiger partial charge in [0.1, 0.15) is 17.3 Å². The Bertz CT molecular complexity index is 645. The molecule has 0 radical (unpaired) electrons. The molecule has 21 heavy (non-hydrogen) atoms. The van der Waals surface area contributed by atoms with E-state index in [-0.39, 0.29) is 11.3 Å². The van der Waals surface area contributed by atoms with Gasteiger partial charge in [-0.05, 0) is 35.2 Å². The highest BCUT2D eigenvalue weighted by atomic mass is 32.1. The third kappa shape index (κ3) is 3.88. The predicted octanol–water partition coefficient (Wildman–Crippen LogP) is 3.76. The van der Waals surface area contributed by atoms with Gasteiger partial charge in [0, 0.05) is 18.0 Å². The second-order valence-corrected chi connectivity index (χ2v) is 5.47. The fourth-order valence-corrected chi connectivity index (χ4v) is 2.69. The quantitative estimate of drug-likeness (QED) is 0.855. The Labute approximate surface area is 124 Å². The lowest BCUT2D eigenvalue weighted by atomic mass is 10.1. The molecule has 0 atom stereocenters. The van der Waals surface area contributed by atoms with Crippen LogP contribution in [0, 0.1) is 11.6 Å². The molecular weight excluding hydrogens is 296 g/mol. The van der Waals surface area contributed by atoms with E-state index in [1.54, 1.807) is 7.05 Å². The summed E-state index contributed by atoms with van der Waals surface area (Å²) < 4.78 is 28.1. The monoisotopic (exact) mass is 309 g/mol. The number of hydrogen-bond donors (Lipinski definition) is 1. The highest BCUT2D eigenvalue weighted by Gasteiger charge is 2.15. The summed E-state index contributed by atoms with van der Waals surface area (Å²) in [5, 5.41) is 10.4. The van der Waals surface area contributed by atoms with Crippen LogP contribution >= 0.6 is 11.3 Å². The van der Waals surface area contributed by atoms with Crippen LogP contribution in [0.5, 0.6) is 0 Å². The number of anilines is 1. The number of benzene rings is 1. The van der Waals surface area contributed by atoms with Crippen molar-refractivity contribution in [2.24, 2.45) is 0 Å². The summed E-state index contributed by atoms with van der Waals surface area (Å²) in [4.78, 5) is 12.9. The second kappa shape index (κ2) is 6.49. The molecule has 2 rings (SSSR count). The molecule has 0 aliphatic heterocycles. The van der Waals surface area contributed by atoms with Gasteiger partial charge in [-0.3, -0.25) is 0 Å². The smallest absolute Gasteiger partial charge is 0.328 e. The average molecular weight is 309 g/mol. The van der Waals surface area contributed by atoms with Crippen molar-refractivity contribution in [3.63, 3.8) is 0 Å². The molecule has 1 aromatic heterocycles. The van der Waals surface area contributed by atoms with Gasteiger partial charge >= 0.3 is 5.97 Å². The summed E-state index contributed by atoms with van der Waals surface area (Å²) >= 11 is 1.51. The summed E-state index contributed by atoms with van der Waals surface area (Å²) in [5.41, 5.74) is 0.0385. The van der Waals surface area contributed by atoms with E-state index >= 15 is 0 Å². The molecule has 2 aromatic rings. The van der Waals surface area contributed by atoms with Gasteiger partial charge < -0.3 is 10.0 Å². The number of thiophene rings is 1. The number of aliphatic carboxylic acids is 1. The predicted molar refractivity (Wildman–Crippen MR) is 79.5 cm³/mol. The Morgan fingerprint density at radius 1 is 1.38 bits per heavy atom. The molecule has 110 valence electrons. The molecule has 0 amide bonds. The minimum atomic E-state index is -1.17. The van der Waals surface area contributed by atoms with Gasteiger partial charge in [0.25, 0.3) is 0 Å². The van der Waals surface area contributed by atoms with Crippen LogP contribution in [0.25, 0.3) is 6.08 Å². The zero-order chi connectivity index (χ0) is 15.4. The average Bonchev–Trinajstić information content (AvgIpc) is 2.88. The van der Waals surface area contributed by atoms with Crippen LogP contribution in [0.4, 0.5) is 14.5 Å². The number of rotatable bonds is 5. The van der Waals surface area contributed by atoms with Gasteiger partial charge in [-0.15, -0.1) is 11.3 Å². The summed E-state index contributed by atoms with van der Waals surface area (Å²) in [6.45, 7) is 0.399. The second-order valence-electron chi connectivity index (χ2n) is 4.44. The van der Waals surface area contributed by atoms with Crippen molar-refractivity contribution in [1.82, 2.24) is 0 Å². The number of carboxylic acid groups (broad SMARTS) is 1. The maximum absolute atomic E-state index is 14.1. The fraction of sp³-hybridized carbons (Fsp3) is 0.133. The summed E-state index contributed by atoms with van der Waals surface area (Å²) in [6, 6.07) is 5.99. The molecule has 0 fully saturated rings. The number of nitrogens with zero attached hydrogens (tertiary/aromatic N) is 1. The number of carbonyl (C=O) groups is 1. The van der Waals surface area contributed by atoms with Gasteiger partial charge in [0.2, 0.25) is 0 Å². The van der Waals surface area contributed by atoms with Crippen molar-refractivity contribution < 1.29 is 18.7 Å². The van der Waals surface area contributed by atoms with Crippen molar-refractivity contribution >= 4 is 29.1 Å². The molecule has 1 heterocycles. The lowest BCUT2D eigenvalue weighted by Crippen LogP contribution is -2.18. The van der Waals surface area contributed by atoms with E-state index in [0.29, 0.717) is 6.54 Å². The SMILES string of the molecule is CN(Cc1cccs1)c1c(F)cc(C=CC(=O)O)cc1F. The highest BCUT2D eigenvalue weighted by Crippen LogP contribution is 2.26. The molecule has 0 spiro atoms. The maximum Gasteiger partial charge on any atom is 0.328 e. The van der Waals surface area contributed by atoms with Crippen molar-refractivity contribution in [3.8, 4) is 0 Å². The van der Waals surface area contributed by atoms with E-state index in [1.165, 1.54) is 16.2 Å². The van der Waals surface area contributed by atoms with Gasteiger partial charge in [0.05, 0.1) is 6.54 Å². The Morgan fingerprint density at radius 3 is 2.57 bits per heavy atom. The van der Waals surface area contributed by atoms with E-state index in [2.05, 4.69) is 0 Å². The standard InChI is InChI=1S/C15H13F2NO2S/c1-18(9-11-3-2-6-21-11)15-12(16)7-10(8-13(15)17)4-5-14(19)20/h2-8H,9H2,1H3,(H,19,20). The summed E-state index contributed by atoms with van der Waals surface area (Å²) in [6.07, 6.45) is 1.99. The third-order valence-corrected chi connectivity index (χ3v) is 3.67. The highest BCUT2D eigenvalue weighted by molar-refractivity contribution is 7.09. The van der Waals surface area contributed by atoms with Crippen LogP contribution in [-0.4, -0.2) is 18.1 Å². The molecule has 0 aliphatic carbocycles. The Morgan fingerprint density at radius 2 is 2.05 bits per heavy atom. The first kappa shape index (κ1) is 15.2. The summed E-state index contributed by atoms with van der Waals surface area (Å²) in [7, 11) is 1.61. The van der Waals surface area contributed by atoms with Gasteiger partial charge in [-0.1, -0.05) is 6.07 Å². The van der Waals surface area contributed by atoms with Gasteiger partial charge in [0.15, 0.2) is 0 Å². The van der Waals surface area contributed by atoms with E-state index < -0.39 is 17.6 Å². The van der Waals surface area contributed by atoms with Crippen molar-refractivity contribution in [2.45, 2.75) is 6.54 Å². The topological polar surface area (TPSA) is 40.5 Å². The van der Waals surface area contributed by atoms with Crippen LogP contribution in [0.2, 0.25) is 0 Å². The van der Waals surface area contributed by atoms with Crippen molar-refractivity contribution in [2.75, 3.05) is 11.9 Å². The normalized spacial score (nSPS) is 11.0. The maximum atomic E-state index is 14.1. The lowest BCUT2D eigenvalue weighted by Gasteiger charge is -2.20. The van der Waals surface area contributed by atoms with Crippen LogP contribution in [0.1, 0.15) is 10.4 Å². The first-order valence-corrected chi connectivity index (χ1v) is 6.99. The molecule has 0 bridgehead atoms. The zero-order valence-corrected chi connectivity index (χ0v) is 12.0. The number of carboxylic acids is 1. The Balaban J connectivity index is 2.26. The van der Waals surface area contributed by atoms with Crippen molar-refractivity contribution in [1.29, 1.82) is 0 Å². The first-order valence-electron chi connectivity index (χ1n) is 6.11. The van der Waals surface area contributed by atoms with Crippen LogP contribution in [0.3, 0.4) is 0 Å². The van der Waals surface area contributed by atoms with Gasteiger partial charge in [-0.25, -0.2) is 13.6 Å².